The highest BCUT2D eigenvalue weighted by Gasteiger charge is 2.09. The van der Waals surface area contributed by atoms with E-state index >= 15 is 0 Å². The van der Waals surface area contributed by atoms with Crippen LogP contribution in [0.1, 0.15) is 29.8 Å². The fourth-order valence-corrected chi connectivity index (χ4v) is 1.36. The smallest absolute Gasteiger partial charge is 0.339 e. The van der Waals surface area contributed by atoms with Crippen molar-refractivity contribution in [3.63, 3.8) is 0 Å². The minimum Gasteiger partial charge on any atom is -0.507 e. The van der Waals surface area contributed by atoms with E-state index in [0.29, 0.717) is 5.92 Å². The predicted molar refractivity (Wildman–Crippen MR) is 53.6 cm³/mol. The maximum Gasteiger partial charge on any atom is 0.339 e. The van der Waals surface area contributed by atoms with Crippen LogP contribution in [0.15, 0.2) is 18.2 Å². The van der Waals surface area contributed by atoms with Gasteiger partial charge in [0.05, 0.1) is 0 Å². The Hall–Kier alpha value is -1.51. The maximum atomic E-state index is 10.6. The number of carbonyl (C=O) groups is 1. The van der Waals surface area contributed by atoms with Crippen LogP contribution in [0, 0.1) is 5.92 Å². The van der Waals surface area contributed by atoms with Gasteiger partial charge in [0.1, 0.15) is 11.3 Å². The van der Waals surface area contributed by atoms with Crippen LogP contribution in [0.25, 0.3) is 0 Å². The summed E-state index contributed by atoms with van der Waals surface area (Å²) in [6.45, 7) is 4.14. The van der Waals surface area contributed by atoms with Gasteiger partial charge in [0.2, 0.25) is 0 Å². The summed E-state index contributed by atoms with van der Waals surface area (Å²) in [7, 11) is 0. The van der Waals surface area contributed by atoms with Crippen molar-refractivity contribution in [2.45, 2.75) is 20.3 Å². The van der Waals surface area contributed by atoms with E-state index in [0.717, 1.165) is 12.0 Å². The summed E-state index contributed by atoms with van der Waals surface area (Å²) in [5, 5.41) is 18.1. The molecule has 3 nitrogen and oxygen atoms in total. The zero-order valence-corrected chi connectivity index (χ0v) is 8.32. The van der Waals surface area contributed by atoms with Crippen LogP contribution >= 0.6 is 0 Å². The van der Waals surface area contributed by atoms with Crippen LogP contribution in [0.3, 0.4) is 0 Å². The molecule has 0 heterocycles. The molecule has 0 saturated heterocycles. The van der Waals surface area contributed by atoms with E-state index in [9.17, 15) is 9.90 Å². The lowest BCUT2D eigenvalue weighted by Gasteiger charge is -2.06. The molecule has 0 saturated carbocycles. The maximum absolute atomic E-state index is 10.6. The average Bonchev–Trinajstić information content (AvgIpc) is 2.01. The molecule has 76 valence electrons. The number of hydrogen-bond donors (Lipinski definition) is 2. The van der Waals surface area contributed by atoms with Crippen molar-refractivity contribution in [3.05, 3.63) is 29.3 Å². The van der Waals surface area contributed by atoms with E-state index in [1.54, 1.807) is 6.07 Å². The number of hydrogen-bond acceptors (Lipinski definition) is 2. The largest absolute Gasteiger partial charge is 0.507 e. The van der Waals surface area contributed by atoms with Crippen LogP contribution in [0.4, 0.5) is 0 Å². The molecule has 0 unspecified atom stereocenters. The van der Waals surface area contributed by atoms with Crippen LogP contribution in [0.2, 0.25) is 0 Å². The fraction of sp³-hybridized carbons (Fsp3) is 0.364. The van der Waals surface area contributed by atoms with Crippen LogP contribution in [0.5, 0.6) is 5.75 Å². The normalized spacial score (nSPS) is 10.5. The van der Waals surface area contributed by atoms with E-state index in [4.69, 9.17) is 5.11 Å². The highest BCUT2D eigenvalue weighted by Crippen LogP contribution is 2.20. The van der Waals surface area contributed by atoms with E-state index in [1.807, 2.05) is 0 Å². The molecule has 0 aromatic heterocycles. The molecule has 0 aliphatic rings. The van der Waals surface area contributed by atoms with Gasteiger partial charge >= 0.3 is 5.97 Å². The van der Waals surface area contributed by atoms with E-state index < -0.39 is 5.97 Å². The number of phenols is 1. The summed E-state index contributed by atoms with van der Waals surface area (Å²) >= 11 is 0. The van der Waals surface area contributed by atoms with Crippen LogP contribution < -0.4 is 0 Å². The zero-order valence-electron chi connectivity index (χ0n) is 8.32. The van der Waals surface area contributed by atoms with Crippen molar-refractivity contribution in [1.82, 2.24) is 0 Å². The van der Waals surface area contributed by atoms with Crippen molar-refractivity contribution in [1.29, 1.82) is 0 Å². The molecule has 0 spiro atoms. The Balaban J connectivity index is 2.94. The first kappa shape index (κ1) is 10.6. The van der Waals surface area contributed by atoms with Crippen molar-refractivity contribution in [2.24, 2.45) is 5.92 Å². The molecule has 0 bridgehead atoms. The highest BCUT2D eigenvalue weighted by molar-refractivity contribution is 5.90. The van der Waals surface area contributed by atoms with Gasteiger partial charge in [-0.1, -0.05) is 19.9 Å². The number of aromatic hydroxyl groups is 1. The molecule has 1 rings (SSSR count). The molecule has 0 radical (unpaired) electrons. The van der Waals surface area contributed by atoms with E-state index in [-0.39, 0.29) is 11.3 Å². The first-order valence-corrected chi connectivity index (χ1v) is 4.56. The Morgan fingerprint density at radius 2 is 2.07 bits per heavy atom. The van der Waals surface area contributed by atoms with Gasteiger partial charge in [-0.3, -0.25) is 0 Å². The summed E-state index contributed by atoms with van der Waals surface area (Å²) in [4.78, 5) is 10.6. The summed E-state index contributed by atoms with van der Waals surface area (Å²) in [5.74, 6) is -0.765. The van der Waals surface area contributed by atoms with Gasteiger partial charge in [0, 0.05) is 0 Å². The molecule has 1 aromatic rings. The molecule has 0 fully saturated rings. The third-order valence-corrected chi connectivity index (χ3v) is 1.94. The predicted octanol–water partition coefficient (Wildman–Crippen LogP) is 2.29. The Kier molecular flexibility index (Phi) is 3.12. The monoisotopic (exact) mass is 194 g/mol. The van der Waals surface area contributed by atoms with Gasteiger partial charge in [0.25, 0.3) is 0 Å². The minimum atomic E-state index is -1.10. The van der Waals surface area contributed by atoms with Gasteiger partial charge in [0.15, 0.2) is 0 Å². The number of carboxylic acids is 1. The first-order chi connectivity index (χ1) is 6.50. The van der Waals surface area contributed by atoms with Crippen LogP contribution in [-0.2, 0) is 6.42 Å². The molecule has 0 aliphatic heterocycles. The van der Waals surface area contributed by atoms with Gasteiger partial charge in [-0.15, -0.1) is 0 Å². The Morgan fingerprint density at radius 3 is 2.50 bits per heavy atom. The molecule has 0 atom stereocenters. The standard InChI is InChI=1S/C11H14O3/c1-7(2)5-8-3-4-9(11(13)14)10(12)6-8/h3-4,6-7,12H,5H2,1-2H3,(H,13,14). The number of aromatic carboxylic acids is 1. The quantitative estimate of drug-likeness (QED) is 0.776. The summed E-state index contributed by atoms with van der Waals surface area (Å²) < 4.78 is 0. The Labute approximate surface area is 83.0 Å². The SMILES string of the molecule is CC(C)Cc1ccc(C(=O)O)c(O)c1. The van der Waals surface area contributed by atoms with E-state index in [1.165, 1.54) is 12.1 Å². The number of benzene rings is 1. The fourth-order valence-electron chi connectivity index (χ4n) is 1.36. The molecule has 0 amide bonds. The van der Waals surface area contributed by atoms with E-state index in [2.05, 4.69) is 13.8 Å². The highest BCUT2D eigenvalue weighted by atomic mass is 16.4. The van der Waals surface area contributed by atoms with Crippen molar-refractivity contribution < 1.29 is 15.0 Å². The third kappa shape index (κ3) is 2.49. The van der Waals surface area contributed by atoms with Gasteiger partial charge in [-0.2, -0.15) is 0 Å². The molecule has 2 N–H and O–H groups in total. The summed E-state index contributed by atoms with van der Waals surface area (Å²) in [6.07, 6.45) is 0.841. The second-order valence-corrected chi connectivity index (χ2v) is 3.75. The molecule has 14 heavy (non-hydrogen) atoms. The van der Waals surface area contributed by atoms with Gasteiger partial charge < -0.3 is 10.2 Å². The van der Waals surface area contributed by atoms with Crippen molar-refractivity contribution in [3.8, 4) is 5.75 Å². The Morgan fingerprint density at radius 1 is 1.43 bits per heavy atom. The second-order valence-electron chi connectivity index (χ2n) is 3.75. The minimum absolute atomic E-state index is 0.0440. The lowest BCUT2D eigenvalue weighted by atomic mass is 10.0. The van der Waals surface area contributed by atoms with Crippen LogP contribution in [-0.4, -0.2) is 16.2 Å². The molecule has 0 aliphatic carbocycles. The van der Waals surface area contributed by atoms with Crippen molar-refractivity contribution in [2.75, 3.05) is 0 Å². The first-order valence-electron chi connectivity index (χ1n) is 4.56. The lowest BCUT2D eigenvalue weighted by molar-refractivity contribution is 0.0693. The average molecular weight is 194 g/mol. The second kappa shape index (κ2) is 4.13. The number of carboxylic acid groups (broad SMARTS) is 1. The topological polar surface area (TPSA) is 57.5 Å². The van der Waals surface area contributed by atoms with Crippen molar-refractivity contribution >= 4 is 5.97 Å². The molecular formula is C11H14O3. The third-order valence-electron chi connectivity index (χ3n) is 1.94. The lowest BCUT2D eigenvalue weighted by Crippen LogP contribution is -1.99. The summed E-state index contributed by atoms with van der Waals surface area (Å²) in [5.41, 5.74) is 0.917. The number of rotatable bonds is 3. The molecule has 1 aromatic carbocycles. The molecular weight excluding hydrogens is 180 g/mol. The molecule has 3 heteroatoms. The summed E-state index contributed by atoms with van der Waals surface area (Å²) in [6, 6.07) is 4.70. The van der Waals surface area contributed by atoms with Gasteiger partial charge in [-0.05, 0) is 30.0 Å². The van der Waals surface area contributed by atoms with Gasteiger partial charge in [-0.25, -0.2) is 4.79 Å². The Bertz CT molecular complexity index is 342. The zero-order chi connectivity index (χ0) is 10.7.